The lowest BCUT2D eigenvalue weighted by Gasteiger charge is -2.27. The van der Waals surface area contributed by atoms with E-state index < -0.39 is 30.1 Å². The fraction of sp³-hybridized carbons (Fsp3) is 0.562. The average Bonchev–Trinajstić information content (AvgIpc) is 2.98. The highest BCUT2D eigenvalue weighted by Crippen LogP contribution is 2.35. The monoisotopic (exact) mass is 350 g/mol. The molecule has 2 atom stereocenters. The number of alkyl halides is 3. The number of benzene rings is 1. The Morgan fingerprint density at radius 1 is 1.22 bits per heavy atom. The van der Waals surface area contributed by atoms with E-state index in [0.717, 1.165) is 18.4 Å². The van der Waals surface area contributed by atoms with Gasteiger partial charge in [0, 0.05) is 12.5 Å². The van der Waals surface area contributed by atoms with Crippen molar-refractivity contribution in [3.05, 3.63) is 35.9 Å². The molecule has 0 heterocycles. The average molecular weight is 351 g/mol. The number of hydrogen-bond acceptors (Lipinski definition) is 2. The van der Waals surface area contributed by atoms with Crippen LogP contribution in [0, 0.1) is 5.92 Å². The highest BCUT2D eigenvalue weighted by Gasteiger charge is 2.46. The van der Waals surface area contributed by atoms with E-state index in [-0.39, 0.29) is 18.8 Å². The number of nitrogens with two attached hydrogens (primary N) is 1. The van der Waals surface area contributed by atoms with Gasteiger partial charge in [-0.25, -0.2) is 0 Å². The van der Waals surface area contributed by atoms with Gasteiger partial charge in [0.25, 0.3) is 0 Å². The van der Waals surface area contributed by atoms with E-state index in [4.69, 9.17) is 5.73 Å². The third-order valence-corrected chi connectivity index (χ3v) is 4.17. The van der Waals surface area contributed by atoms with Crippen LogP contribution in [0.1, 0.15) is 43.7 Å². The summed E-state index contributed by atoms with van der Waals surface area (Å²) < 4.78 is 39.4. The Morgan fingerprint density at radius 2 is 1.78 bits per heavy atom. The Hall–Kier alpha value is -1.27. The normalized spacial score (nSPS) is 18.1. The van der Waals surface area contributed by atoms with Gasteiger partial charge in [-0.1, -0.05) is 43.2 Å². The number of amides is 1. The smallest absolute Gasteiger partial charge is 0.344 e. The molecule has 1 fully saturated rings. The zero-order valence-electron chi connectivity index (χ0n) is 12.7. The summed E-state index contributed by atoms with van der Waals surface area (Å²) in [7, 11) is 0. The fourth-order valence-electron chi connectivity index (χ4n) is 3.01. The van der Waals surface area contributed by atoms with Crippen molar-refractivity contribution in [2.45, 2.75) is 50.4 Å². The van der Waals surface area contributed by atoms with Gasteiger partial charge in [0.05, 0.1) is 0 Å². The molecule has 0 spiro atoms. The number of nitrogens with one attached hydrogen (secondary N) is 1. The van der Waals surface area contributed by atoms with E-state index in [2.05, 4.69) is 5.32 Å². The summed E-state index contributed by atoms with van der Waals surface area (Å²) in [6.45, 7) is 0. The summed E-state index contributed by atoms with van der Waals surface area (Å²) in [5.41, 5.74) is 6.63. The van der Waals surface area contributed by atoms with Gasteiger partial charge in [0.1, 0.15) is 6.04 Å². The molecule has 23 heavy (non-hydrogen) atoms. The summed E-state index contributed by atoms with van der Waals surface area (Å²) in [6, 6.07) is 6.54. The molecule has 1 saturated carbocycles. The zero-order valence-corrected chi connectivity index (χ0v) is 13.5. The Balaban J connectivity index is 0.00000264. The second-order valence-corrected chi connectivity index (χ2v) is 5.85. The molecule has 2 unspecified atom stereocenters. The van der Waals surface area contributed by atoms with Gasteiger partial charge in [-0.05, 0) is 24.3 Å². The number of carbonyl (C=O) groups excluding carboxylic acids is 1. The van der Waals surface area contributed by atoms with Gasteiger partial charge >= 0.3 is 6.18 Å². The fourth-order valence-corrected chi connectivity index (χ4v) is 3.01. The van der Waals surface area contributed by atoms with Crippen molar-refractivity contribution >= 4 is 18.3 Å². The molecule has 1 amide bonds. The topological polar surface area (TPSA) is 55.1 Å². The summed E-state index contributed by atoms with van der Waals surface area (Å²) >= 11 is 0. The Bertz CT molecular complexity index is 490. The molecule has 1 aromatic rings. The van der Waals surface area contributed by atoms with Crippen molar-refractivity contribution in [3.63, 3.8) is 0 Å². The molecule has 0 aliphatic heterocycles. The minimum atomic E-state index is -4.42. The molecule has 3 N–H and O–H groups in total. The van der Waals surface area contributed by atoms with Crippen molar-refractivity contribution in [2.75, 3.05) is 0 Å². The maximum atomic E-state index is 13.1. The van der Waals surface area contributed by atoms with Crippen molar-refractivity contribution in [3.8, 4) is 0 Å². The van der Waals surface area contributed by atoms with Gasteiger partial charge in [0.2, 0.25) is 5.91 Å². The largest absolute Gasteiger partial charge is 0.408 e. The van der Waals surface area contributed by atoms with Crippen LogP contribution in [0.2, 0.25) is 0 Å². The van der Waals surface area contributed by atoms with Crippen molar-refractivity contribution in [2.24, 2.45) is 11.7 Å². The second kappa shape index (κ2) is 8.55. The molecule has 1 aliphatic rings. The van der Waals surface area contributed by atoms with Crippen LogP contribution in [0.4, 0.5) is 13.2 Å². The minimum Gasteiger partial charge on any atom is -0.344 e. The van der Waals surface area contributed by atoms with E-state index in [1.54, 1.807) is 24.3 Å². The van der Waals surface area contributed by atoms with Gasteiger partial charge in [-0.2, -0.15) is 13.2 Å². The molecule has 1 aliphatic carbocycles. The zero-order chi connectivity index (χ0) is 16.2. The van der Waals surface area contributed by atoms with Crippen LogP contribution in [-0.2, 0) is 4.79 Å². The molecule has 0 bridgehead atoms. The third kappa shape index (κ3) is 5.70. The molecule has 3 nitrogen and oxygen atoms in total. The van der Waals surface area contributed by atoms with Crippen molar-refractivity contribution < 1.29 is 18.0 Å². The Kier molecular flexibility index (Phi) is 7.35. The summed E-state index contributed by atoms with van der Waals surface area (Å²) in [5.74, 6) is -1.16. The lowest BCUT2D eigenvalue weighted by molar-refractivity contribution is -0.172. The third-order valence-electron chi connectivity index (χ3n) is 4.17. The predicted octanol–water partition coefficient (Wildman–Crippen LogP) is 3.74. The minimum absolute atomic E-state index is 0. The highest BCUT2D eigenvalue weighted by atomic mass is 35.5. The molecule has 2 rings (SSSR count). The van der Waals surface area contributed by atoms with E-state index in [0.29, 0.717) is 12.8 Å². The standard InChI is InChI=1S/C16H21F3N2O.ClH/c17-16(18,19)15(12-8-4-5-9-12)21-14(22)10-13(20)11-6-2-1-3-7-11;/h1-3,6-7,12-13,15H,4-5,8-10,20H2,(H,21,22);1H. The Morgan fingerprint density at radius 3 is 2.30 bits per heavy atom. The van der Waals surface area contributed by atoms with Crippen LogP contribution in [-0.4, -0.2) is 18.1 Å². The molecule has 0 radical (unpaired) electrons. The highest BCUT2D eigenvalue weighted by molar-refractivity contribution is 5.85. The first-order valence-electron chi connectivity index (χ1n) is 7.54. The number of carbonyl (C=O) groups is 1. The molecule has 130 valence electrons. The second-order valence-electron chi connectivity index (χ2n) is 5.85. The Labute approximate surface area is 140 Å². The van der Waals surface area contributed by atoms with E-state index >= 15 is 0 Å². The van der Waals surface area contributed by atoms with E-state index in [1.165, 1.54) is 0 Å². The van der Waals surface area contributed by atoms with Crippen molar-refractivity contribution in [1.82, 2.24) is 5.32 Å². The lowest BCUT2D eigenvalue weighted by Crippen LogP contribution is -2.50. The predicted molar refractivity (Wildman–Crippen MR) is 85.2 cm³/mol. The first-order valence-corrected chi connectivity index (χ1v) is 7.54. The molecule has 0 aromatic heterocycles. The number of rotatable bonds is 5. The van der Waals surface area contributed by atoms with Crippen LogP contribution in [0.5, 0.6) is 0 Å². The quantitative estimate of drug-likeness (QED) is 0.850. The number of halogens is 4. The molecule has 0 saturated heterocycles. The van der Waals surface area contributed by atoms with E-state index in [9.17, 15) is 18.0 Å². The van der Waals surface area contributed by atoms with Crippen LogP contribution in [0.15, 0.2) is 30.3 Å². The lowest BCUT2D eigenvalue weighted by atomic mass is 9.97. The summed E-state index contributed by atoms with van der Waals surface area (Å²) in [6.07, 6.45) is -1.97. The van der Waals surface area contributed by atoms with Crippen LogP contribution in [0.3, 0.4) is 0 Å². The number of hydrogen-bond donors (Lipinski definition) is 2. The van der Waals surface area contributed by atoms with Gasteiger partial charge in [0.15, 0.2) is 0 Å². The van der Waals surface area contributed by atoms with Crippen LogP contribution in [0.25, 0.3) is 0 Å². The van der Waals surface area contributed by atoms with Crippen molar-refractivity contribution in [1.29, 1.82) is 0 Å². The van der Waals surface area contributed by atoms with Crippen LogP contribution < -0.4 is 11.1 Å². The SMILES string of the molecule is Cl.NC(CC(=O)NC(C1CCCC1)C(F)(F)F)c1ccccc1. The maximum Gasteiger partial charge on any atom is 0.408 e. The van der Waals surface area contributed by atoms with Crippen LogP contribution >= 0.6 is 12.4 Å². The van der Waals surface area contributed by atoms with Gasteiger partial charge in [-0.15, -0.1) is 12.4 Å². The molecule has 1 aromatic carbocycles. The first-order chi connectivity index (χ1) is 10.4. The van der Waals surface area contributed by atoms with Gasteiger partial charge < -0.3 is 11.1 Å². The molecular weight excluding hydrogens is 329 g/mol. The molecule has 7 heteroatoms. The first kappa shape index (κ1) is 19.8. The van der Waals surface area contributed by atoms with E-state index in [1.807, 2.05) is 6.07 Å². The van der Waals surface area contributed by atoms with Gasteiger partial charge in [-0.3, -0.25) is 4.79 Å². The maximum absolute atomic E-state index is 13.1. The molecular formula is C16H22ClF3N2O. The summed E-state index contributed by atoms with van der Waals surface area (Å²) in [4.78, 5) is 11.9. The summed E-state index contributed by atoms with van der Waals surface area (Å²) in [5, 5.41) is 2.16.